The molecule has 1 aromatic rings. The number of piperidine rings is 1. The summed E-state index contributed by atoms with van der Waals surface area (Å²) in [6.45, 7) is 3.55. The molecule has 2 fully saturated rings. The lowest BCUT2D eigenvalue weighted by atomic mass is 9.73. The summed E-state index contributed by atoms with van der Waals surface area (Å²) in [6, 6.07) is 7.56. The number of likely N-dealkylation sites (tertiary alicyclic amines) is 2. The minimum Gasteiger partial charge on any atom is -0.383 e. The molecule has 2 heterocycles. The monoisotopic (exact) mass is 437 g/mol. The van der Waals surface area contributed by atoms with Crippen LogP contribution in [0.5, 0.6) is 0 Å². The number of benzene rings is 1. The third kappa shape index (κ3) is 5.23. The zero-order chi connectivity index (χ0) is 19.3. The first-order valence-corrected chi connectivity index (χ1v) is 10.4. The molecule has 0 radical (unpaired) electrons. The number of halogens is 1. The number of amides is 3. The van der Waals surface area contributed by atoms with Crippen LogP contribution < -0.4 is 5.32 Å². The van der Waals surface area contributed by atoms with Crippen LogP contribution >= 0.6 is 15.9 Å². The molecule has 1 spiro atoms. The maximum absolute atomic E-state index is 12.5. The number of carbonyl (C=O) groups excluding carboxylic acids is 2. The maximum atomic E-state index is 12.5. The van der Waals surface area contributed by atoms with Crippen molar-refractivity contribution in [3.8, 4) is 0 Å². The van der Waals surface area contributed by atoms with Gasteiger partial charge in [-0.1, -0.05) is 15.9 Å². The highest BCUT2D eigenvalue weighted by Crippen LogP contribution is 2.41. The molecule has 0 aliphatic carbocycles. The predicted molar refractivity (Wildman–Crippen MR) is 109 cm³/mol. The van der Waals surface area contributed by atoms with Crippen LogP contribution in [0.25, 0.3) is 0 Å². The van der Waals surface area contributed by atoms with Crippen molar-refractivity contribution >= 4 is 33.6 Å². The molecule has 0 unspecified atom stereocenters. The molecule has 0 aromatic heterocycles. The Hall–Kier alpha value is -1.60. The van der Waals surface area contributed by atoms with Crippen LogP contribution in [0.2, 0.25) is 0 Å². The van der Waals surface area contributed by atoms with E-state index in [0.717, 1.165) is 55.5 Å². The highest BCUT2D eigenvalue weighted by Gasteiger charge is 2.38. The number of ether oxygens (including phenoxy) is 1. The molecular formula is C20H28BrN3O3. The van der Waals surface area contributed by atoms with Crippen LogP contribution in [-0.4, -0.2) is 61.6 Å². The lowest BCUT2D eigenvalue weighted by Crippen LogP contribution is -2.45. The van der Waals surface area contributed by atoms with Crippen molar-refractivity contribution in [1.29, 1.82) is 0 Å². The Balaban J connectivity index is 1.52. The largest absolute Gasteiger partial charge is 0.383 e. The second-order valence-corrected chi connectivity index (χ2v) is 8.46. The van der Waals surface area contributed by atoms with Gasteiger partial charge in [-0.25, -0.2) is 4.79 Å². The molecule has 1 N–H and O–H groups in total. The number of carbonyl (C=O) groups is 2. The fourth-order valence-corrected chi connectivity index (χ4v) is 4.27. The van der Waals surface area contributed by atoms with Crippen molar-refractivity contribution in [2.45, 2.75) is 32.1 Å². The third-order valence-electron chi connectivity index (χ3n) is 5.91. The smallest absolute Gasteiger partial charge is 0.321 e. The highest BCUT2D eigenvalue weighted by atomic mass is 79.9. The number of anilines is 1. The zero-order valence-corrected chi connectivity index (χ0v) is 17.5. The minimum absolute atomic E-state index is 0.0430. The molecule has 3 rings (SSSR count). The molecule has 148 valence electrons. The molecule has 2 aliphatic rings. The Labute approximate surface area is 169 Å². The second-order valence-electron chi connectivity index (χ2n) is 7.55. The lowest BCUT2D eigenvalue weighted by molar-refractivity contribution is -0.131. The number of hydrogen-bond acceptors (Lipinski definition) is 3. The maximum Gasteiger partial charge on any atom is 0.321 e. The van der Waals surface area contributed by atoms with Gasteiger partial charge < -0.3 is 19.9 Å². The van der Waals surface area contributed by atoms with Crippen molar-refractivity contribution in [2.75, 3.05) is 45.2 Å². The summed E-state index contributed by atoms with van der Waals surface area (Å²) in [5.41, 5.74) is 0.989. The Morgan fingerprint density at radius 3 is 2.48 bits per heavy atom. The minimum atomic E-state index is -0.0430. The SMILES string of the molecule is COCCN1CCC2(CCC1=O)CCN(C(=O)Nc1ccc(Br)cc1)CC2. The topological polar surface area (TPSA) is 61.9 Å². The normalized spacial score (nSPS) is 19.9. The number of methoxy groups -OCH3 is 1. The van der Waals surface area contributed by atoms with Crippen molar-refractivity contribution < 1.29 is 14.3 Å². The van der Waals surface area contributed by atoms with Crippen molar-refractivity contribution in [1.82, 2.24) is 9.80 Å². The first-order chi connectivity index (χ1) is 13.0. The van der Waals surface area contributed by atoms with E-state index in [2.05, 4.69) is 21.2 Å². The Bertz CT molecular complexity index is 657. The molecule has 3 amide bonds. The van der Waals surface area contributed by atoms with Crippen LogP contribution in [0.15, 0.2) is 28.7 Å². The zero-order valence-electron chi connectivity index (χ0n) is 15.9. The van der Waals surface area contributed by atoms with Gasteiger partial charge in [0.15, 0.2) is 0 Å². The van der Waals surface area contributed by atoms with E-state index in [1.165, 1.54) is 0 Å². The van der Waals surface area contributed by atoms with Gasteiger partial charge in [0.05, 0.1) is 6.61 Å². The average Bonchev–Trinajstić information content (AvgIpc) is 2.82. The first kappa shape index (κ1) is 20.1. The van der Waals surface area contributed by atoms with Gasteiger partial charge in [-0.15, -0.1) is 0 Å². The van der Waals surface area contributed by atoms with Crippen LogP contribution in [-0.2, 0) is 9.53 Å². The summed E-state index contributed by atoms with van der Waals surface area (Å²) in [6.07, 6.45) is 4.48. The Morgan fingerprint density at radius 1 is 1.15 bits per heavy atom. The molecule has 0 saturated carbocycles. The molecule has 1 aromatic carbocycles. The van der Waals surface area contributed by atoms with Crippen LogP contribution in [0.4, 0.5) is 10.5 Å². The van der Waals surface area contributed by atoms with E-state index in [-0.39, 0.29) is 17.4 Å². The fraction of sp³-hybridized carbons (Fsp3) is 0.600. The van der Waals surface area contributed by atoms with E-state index in [1.54, 1.807) is 7.11 Å². The van der Waals surface area contributed by atoms with E-state index in [0.29, 0.717) is 19.6 Å². The van der Waals surface area contributed by atoms with Gasteiger partial charge in [-0.3, -0.25) is 4.79 Å². The Morgan fingerprint density at radius 2 is 1.81 bits per heavy atom. The van der Waals surface area contributed by atoms with E-state index < -0.39 is 0 Å². The number of nitrogens with zero attached hydrogens (tertiary/aromatic N) is 2. The van der Waals surface area contributed by atoms with Gasteiger partial charge in [0, 0.05) is 49.9 Å². The molecule has 6 nitrogen and oxygen atoms in total. The fourth-order valence-electron chi connectivity index (χ4n) is 4.01. The summed E-state index contributed by atoms with van der Waals surface area (Å²) in [5.74, 6) is 0.235. The number of urea groups is 1. The number of nitrogens with one attached hydrogen (secondary N) is 1. The van der Waals surface area contributed by atoms with E-state index >= 15 is 0 Å². The molecule has 0 bridgehead atoms. The molecule has 2 aliphatic heterocycles. The molecule has 0 atom stereocenters. The molecule has 2 saturated heterocycles. The molecular weight excluding hydrogens is 410 g/mol. The molecule has 7 heteroatoms. The van der Waals surface area contributed by atoms with Crippen LogP contribution in [0.3, 0.4) is 0 Å². The van der Waals surface area contributed by atoms with Crippen LogP contribution in [0, 0.1) is 5.41 Å². The van der Waals surface area contributed by atoms with Crippen molar-refractivity contribution in [3.05, 3.63) is 28.7 Å². The number of rotatable bonds is 4. The van der Waals surface area contributed by atoms with Crippen LogP contribution in [0.1, 0.15) is 32.1 Å². The van der Waals surface area contributed by atoms with E-state index in [1.807, 2.05) is 34.1 Å². The quantitative estimate of drug-likeness (QED) is 0.780. The van der Waals surface area contributed by atoms with Gasteiger partial charge in [-0.05, 0) is 55.4 Å². The number of hydrogen-bond donors (Lipinski definition) is 1. The average molecular weight is 438 g/mol. The second kappa shape index (κ2) is 9.06. The van der Waals surface area contributed by atoms with E-state index in [4.69, 9.17) is 4.74 Å². The van der Waals surface area contributed by atoms with Crippen molar-refractivity contribution in [2.24, 2.45) is 5.41 Å². The van der Waals surface area contributed by atoms with E-state index in [9.17, 15) is 9.59 Å². The van der Waals surface area contributed by atoms with Gasteiger partial charge in [-0.2, -0.15) is 0 Å². The predicted octanol–water partition coefficient (Wildman–Crippen LogP) is 3.72. The summed E-state index contributed by atoms with van der Waals surface area (Å²) >= 11 is 3.40. The van der Waals surface area contributed by atoms with Gasteiger partial charge >= 0.3 is 6.03 Å². The Kier molecular flexibility index (Phi) is 6.76. The highest BCUT2D eigenvalue weighted by molar-refractivity contribution is 9.10. The van der Waals surface area contributed by atoms with Gasteiger partial charge in [0.1, 0.15) is 0 Å². The summed E-state index contributed by atoms with van der Waals surface area (Å²) in [4.78, 5) is 28.7. The summed E-state index contributed by atoms with van der Waals surface area (Å²) in [5, 5.41) is 2.97. The standard InChI is InChI=1S/C20H28BrN3O3/c1-27-15-14-23-11-8-20(7-6-18(23)25)9-12-24(13-10-20)19(26)22-17-4-2-16(21)3-5-17/h2-5H,6-15H2,1H3,(H,22,26). The third-order valence-corrected chi connectivity index (χ3v) is 6.43. The molecule has 27 heavy (non-hydrogen) atoms. The van der Waals surface area contributed by atoms with Gasteiger partial charge in [0.2, 0.25) is 5.91 Å². The lowest BCUT2D eigenvalue weighted by Gasteiger charge is -2.41. The van der Waals surface area contributed by atoms with Gasteiger partial charge in [0.25, 0.3) is 0 Å². The summed E-state index contributed by atoms with van der Waals surface area (Å²) in [7, 11) is 1.67. The first-order valence-electron chi connectivity index (χ1n) is 9.60. The van der Waals surface area contributed by atoms with Crippen molar-refractivity contribution in [3.63, 3.8) is 0 Å². The summed E-state index contributed by atoms with van der Waals surface area (Å²) < 4.78 is 6.11.